The van der Waals surface area contributed by atoms with E-state index in [1.165, 1.54) is 41.6 Å². The number of carbonyl (C=O) groups is 2. The minimum atomic E-state index is -1.12. The number of rotatable bonds is 10. The molecule has 31 heavy (non-hydrogen) atoms. The average Bonchev–Trinajstić information content (AvgIpc) is 2.81. The molecule has 2 aromatic rings. The lowest BCUT2D eigenvalue weighted by Gasteiger charge is -2.16. The van der Waals surface area contributed by atoms with E-state index in [1.54, 1.807) is 42.5 Å². The molecule has 0 aliphatic rings. The van der Waals surface area contributed by atoms with E-state index in [2.05, 4.69) is 0 Å². The highest BCUT2D eigenvalue weighted by molar-refractivity contribution is 5.89. The van der Waals surface area contributed by atoms with Crippen LogP contribution in [0.3, 0.4) is 0 Å². The lowest BCUT2D eigenvalue weighted by Crippen LogP contribution is -2.30. The van der Waals surface area contributed by atoms with E-state index in [0.29, 0.717) is 34.1 Å². The number of benzene rings is 2. The van der Waals surface area contributed by atoms with Gasteiger partial charge in [-0.25, -0.2) is 9.59 Å². The zero-order valence-corrected chi connectivity index (χ0v) is 18.2. The number of esters is 2. The Hall–Kier alpha value is -3.68. The van der Waals surface area contributed by atoms with Crippen LogP contribution in [0, 0.1) is 0 Å². The second-order valence-corrected chi connectivity index (χ2v) is 6.29. The van der Waals surface area contributed by atoms with Crippen LogP contribution in [-0.2, 0) is 25.5 Å². The molecule has 166 valence electrons. The first-order chi connectivity index (χ1) is 14.9. The van der Waals surface area contributed by atoms with E-state index in [9.17, 15) is 9.59 Å². The lowest BCUT2D eigenvalue weighted by atomic mass is 10.1. The summed E-state index contributed by atoms with van der Waals surface area (Å²) >= 11 is 0. The summed E-state index contributed by atoms with van der Waals surface area (Å²) in [6, 6.07) is 10.4. The van der Waals surface area contributed by atoms with Gasteiger partial charge < -0.3 is 28.4 Å². The summed E-state index contributed by atoms with van der Waals surface area (Å²) in [6.45, 7) is 0. The number of carbonyl (C=O) groups excluding carboxylic acids is 2. The number of ether oxygens (including phenoxy) is 6. The number of hydrogen-bond donors (Lipinski definition) is 0. The van der Waals surface area contributed by atoms with Gasteiger partial charge in [0.1, 0.15) is 0 Å². The molecule has 8 nitrogen and oxygen atoms in total. The van der Waals surface area contributed by atoms with Crippen LogP contribution in [-0.4, -0.2) is 53.6 Å². The Morgan fingerprint density at radius 1 is 0.806 bits per heavy atom. The van der Waals surface area contributed by atoms with Crippen molar-refractivity contribution in [1.82, 2.24) is 0 Å². The molecule has 8 heteroatoms. The summed E-state index contributed by atoms with van der Waals surface area (Å²) < 4.78 is 31.0. The fourth-order valence-electron chi connectivity index (χ4n) is 2.83. The molecule has 0 spiro atoms. The van der Waals surface area contributed by atoms with Gasteiger partial charge in [-0.15, -0.1) is 0 Å². The maximum absolute atomic E-state index is 12.3. The van der Waals surface area contributed by atoms with E-state index >= 15 is 0 Å². The Labute approximate surface area is 181 Å². The fraction of sp³-hybridized carbons (Fsp3) is 0.304. The van der Waals surface area contributed by atoms with Gasteiger partial charge in [0.05, 0.1) is 35.5 Å². The van der Waals surface area contributed by atoms with Crippen LogP contribution >= 0.6 is 0 Å². The molecule has 2 aromatic carbocycles. The van der Waals surface area contributed by atoms with Crippen molar-refractivity contribution in [1.29, 1.82) is 0 Å². The van der Waals surface area contributed by atoms with E-state index < -0.39 is 18.0 Å². The van der Waals surface area contributed by atoms with Crippen LogP contribution < -0.4 is 18.9 Å². The first-order valence-corrected chi connectivity index (χ1v) is 9.35. The molecular formula is C23H26O8. The Kier molecular flexibility index (Phi) is 8.75. The van der Waals surface area contributed by atoms with Gasteiger partial charge in [0.2, 0.25) is 6.10 Å². The van der Waals surface area contributed by atoms with Gasteiger partial charge in [0, 0.05) is 12.5 Å². The second-order valence-electron chi connectivity index (χ2n) is 6.29. The van der Waals surface area contributed by atoms with Gasteiger partial charge in [0.25, 0.3) is 0 Å². The van der Waals surface area contributed by atoms with Crippen LogP contribution in [0.1, 0.15) is 11.1 Å². The van der Waals surface area contributed by atoms with Crippen LogP contribution in [0.4, 0.5) is 0 Å². The molecule has 0 heterocycles. The third-order valence-electron chi connectivity index (χ3n) is 4.41. The smallest absolute Gasteiger partial charge is 0.347 e. The summed E-state index contributed by atoms with van der Waals surface area (Å²) in [6.07, 6.45) is 1.77. The summed E-state index contributed by atoms with van der Waals surface area (Å²) in [5.41, 5.74) is 1.41. The van der Waals surface area contributed by atoms with Crippen molar-refractivity contribution in [2.24, 2.45) is 0 Å². The lowest BCUT2D eigenvalue weighted by molar-refractivity contribution is -0.162. The van der Waals surface area contributed by atoms with Gasteiger partial charge in [-0.05, 0) is 41.5 Å². The van der Waals surface area contributed by atoms with Gasteiger partial charge in [0.15, 0.2) is 23.0 Å². The maximum atomic E-state index is 12.3. The minimum Gasteiger partial charge on any atom is -0.493 e. The Morgan fingerprint density at radius 3 is 1.97 bits per heavy atom. The van der Waals surface area contributed by atoms with Crippen molar-refractivity contribution in [2.45, 2.75) is 12.5 Å². The quantitative estimate of drug-likeness (QED) is 0.420. The Morgan fingerprint density at radius 2 is 1.39 bits per heavy atom. The molecule has 0 aliphatic carbocycles. The summed E-state index contributed by atoms with van der Waals surface area (Å²) in [4.78, 5) is 24.5. The molecule has 2 rings (SSSR count). The topological polar surface area (TPSA) is 89.5 Å². The van der Waals surface area contributed by atoms with Crippen molar-refractivity contribution in [2.75, 3.05) is 35.5 Å². The van der Waals surface area contributed by atoms with Gasteiger partial charge in [-0.2, -0.15) is 0 Å². The second kappa shape index (κ2) is 11.5. The molecule has 0 saturated carbocycles. The van der Waals surface area contributed by atoms with Gasteiger partial charge >= 0.3 is 11.9 Å². The largest absolute Gasteiger partial charge is 0.493 e. The summed E-state index contributed by atoms with van der Waals surface area (Å²) in [5.74, 6) is 0.800. The first-order valence-electron chi connectivity index (χ1n) is 9.35. The molecule has 0 aliphatic heterocycles. The van der Waals surface area contributed by atoms with Crippen LogP contribution in [0.2, 0.25) is 0 Å². The average molecular weight is 430 g/mol. The highest BCUT2D eigenvalue weighted by Gasteiger charge is 2.24. The van der Waals surface area contributed by atoms with Crippen LogP contribution in [0.15, 0.2) is 42.5 Å². The Bertz CT molecular complexity index is 935. The molecule has 1 atom stereocenters. The first kappa shape index (κ1) is 23.6. The van der Waals surface area contributed by atoms with E-state index in [-0.39, 0.29) is 6.42 Å². The maximum Gasteiger partial charge on any atom is 0.347 e. The molecule has 0 fully saturated rings. The Balaban J connectivity index is 2.13. The zero-order valence-electron chi connectivity index (χ0n) is 18.2. The van der Waals surface area contributed by atoms with Crippen molar-refractivity contribution in [3.63, 3.8) is 0 Å². The molecule has 0 bridgehead atoms. The van der Waals surface area contributed by atoms with Gasteiger partial charge in [-0.3, -0.25) is 0 Å². The van der Waals surface area contributed by atoms with E-state index in [1.807, 2.05) is 0 Å². The molecule has 0 N–H and O–H groups in total. The van der Waals surface area contributed by atoms with E-state index in [0.717, 1.165) is 0 Å². The van der Waals surface area contributed by atoms with Crippen molar-refractivity contribution >= 4 is 18.0 Å². The third kappa shape index (κ3) is 6.40. The normalized spacial score (nSPS) is 11.5. The SMILES string of the molecule is COC(=O)C(Cc1ccc(OC)c(OC)c1)OC(=O)/C=C/c1ccc(OC)c(OC)c1. The molecule has 1 unspecified atom stereocenters. The number of methoxy groups -OCH3 is 5. The fourth-order valence-corrected chi connectivity index (χ4v) is 2.83. The standard InChI is InChI=1S/C23H26O8/c1-26-17-9-6-15(12-19(17)28-3)8-11-22(24)31-21(23(25)30-5)14-16-7-10-18(27-2)20(13-16)29-4/h6-13,21H,14H2,1-5H3/b11-8+. The summed E-state index contributed by atoms with van der Waals surface area (Å²) in [5, 5.41) is 0. The number of hydrogen-bond acceptors (Lipinski definition) is 8. The predicted molar refractivity (Wildman–Crippen MR) is 114 cm³/mol. The highest BCUT2D eigenvalue weighted by Crippen LogP contribution is 2.29. The summed E-state index contributed by atoms with van der Waals surface area (Å²) in [7, 11) is 7.34. The van der Waals surface area contributed by atoms with Crippen molar-refractivity contribution < 1.29 is 38.0 Å². The molecule has 0 radical (unpaired) electrons. The molecule has 0 aromatic heterocycles. The third-order valence-corrected chi connectivity index (χ3v) is 4.41. The van der Waals surface area contributed by atoms with Crippen LogP contribution in [0.25, 0.3) is 6.08 Å². The monoisotopic (exact) mass is 430 g/mol. The molecule has 0 amide bonds. The molecular weight excluding hydrogens is 404 g/mol. The van der Waals surface area contributed by atoms with Crippen LogP contribution in [0.5, 0.6) is 23.0 Å². The van der Waals surface area contributed by atoms with Gasteiger partial charge in [-0.1, -0.05) is 12.1 Å². The van der Waals surface area contributed by atoms with Crippen molar-refractivity contribution in [3.05, 3.63) is 53.6 Å². The van der Waals surface area contributed by atoms with E-state index in [4.69, 9.17) is 28.4 Å². The minimum absolute atomic E-state index is 0.114. The van der Waals surface area contributed by atoms with Crippen molar-refractivity contribution in [3.8, 4) is 23.0 Å². The highest BCUT2D eigenvalue weighted by atomic mass is 16.6. The molecule has 0 saturated heterocycles. The zero-order chi connectivity index (χ0) is 22.8. The predicted octanol–water partition coefficient (Wildman–Crippen LogP) is 3.06.